The molecule has 1 saturated heterocycles. The third-order valence-corrected chi connectivity index (χ3v) is 5.63. The molecule has 21 heavy (non-hydrogen) atoms. The Labute approximate surface area is 132 Å². The van der Waals surface area contributed by atoms with Gasteiger partial charge in [0.05, 0.1) is 0 Å². The van der Waals surface area contributed by atoms with Crippen LogP contribution in [0.25, 0.3) is 0 Å². The molecule has 0 aromatic heterocycles. The first-order chi connectivity index (χ1) is 9.95. The lowest BCUT2D eigenvalue weighted by molar-refractivity contribution is 0.148. The quantitative estimate of drug-likeness (QED) is 0.787. The van der Waals surface area contributed by atoms with E-state index in [4.69, 9.17) is 0 Å². The summed E-state index contributed by atoms with van der Waals surface area (Å²) in [5, 5.41) is 3.80. The fourth-order valence-electron chi connectivity index (χ4n) is 3.84. The first-order valence-corrected chi connectivity index (χ1v) is 9.09. The Balaban J connectivity index is 1.52. The van der Waals surface area contributed by atoms with E-state index >= 15 is 0 Å². The van der Waals surface area contributed by atoms with Gasteiger partial charge in [0.25, 0.3) is 0 Å². The summed E-state index contributed by atoms with van der Waals surface area (Å²) >= 11 is 0. The van der Waals surface area contributed by atoms with E-state index in [1.807, 2.05) is 0 Å². The standard InChI is InChI=1S/C18H37N3/c1-18(2,3)16-6-8-17(9-7-16)19-10-5-11-21-14-12-20(4)13-15-21/h16-17,19H,5-15H2,1-4H3. The maximum Gasteiger partial charge on any atom is 0.0110 e. The van der Waals surface area contributed by atoms with Gasteiger partial charge in [0.1, 0.15) is 0 Å². The van der Waals surface area contributed by atoms with E-state index in [0.717, 1.165) is 12.0 Å². The number of likely N-dealkylation sites (N-methyl/N-ethyl adjacent to an activating group) is 1. The maximum atomic E-state index is 3.80. The van der Waals surface area contributed by atoms with Crippen molar-refractivity contribution in [1.29, 1.82) is 0 Å². The number of nitrogens with one attached hydrogen (secondary N) is 1. The van der Waals surface area contributed by atoms with Crippen LogP contribution in [-0.4, -0.2) is 62.2 Å². The van der Waals surface area contributed by atoms with Gasteiger partial charge in [-0.1, -0.05) is 20.8 Å². The van der Waals surface area contributed by atoms with Crippen molar-refractivity contribution in [1.82, 2.24) is 15.1 Å². The Kier molecular flexibility index (Phi) is 6.51. The van der Waals surface area contributed by atoms with Crippen molar-refractivity contribution in [2.75, 3.05) is 46.3 Å². The Morgan fingerprint density at radius 1 is 0.952 bits per heavy atom. The molecule has 1 aliphatic carbocycles. The summed E-state index contributed by atoms with van der Waals surface area (Å²) in [7, 11) is 2.23. The molecule has 0 bridgehead atoms. The molecular formula is C18H37N3. The normalized spacial score (nSPS) is 29.7. The Morgan fingerprint density at radius 2 is 1.57 bits per heavy atom. The molecular weight excluding hydrogens is 258 g/mol. The van der Waals surface area contributed by atoms with Crippen molar-refractivity contribution >= 4 is 0 Å². The summed E-state index contributed by atoms with van der Waals surface area (Å²) in [4.78, 5) is 5.06. The van der Waals surface area contributed by atoms with Crippen molar-refractivity contribution in [3.63, 3.8) is 0 Å². The number of hydrogen-bond acceptors (Lipinski definition) is 3. The lowest BCUT2D eigenvalue weighted by Gasteiger charge is -2.37. The molecule has 0 aromatic carbocycles. The average Bonchev–Trinajstić information content (AvgIpc) is 2.45. The van der Waals surface area contributed by atoms with Crippen molar-refractivity contribution < 1.29 is 0 Å². The predicted molar refractivity (Wildman–Crippen MR) is 91.8 cm³/mol. The molecule has 0 unspecified atom stereocenters. The lowest BCUT2D eigenvalue weighted by atomic mass is 9.71. The van der Waals surface area contributed by atoms with E-state index in [-0.39, 0.29) is 0 Å². The molecule has 3 nitrogen and oxygen atoms in total. The minimum Gasteiger partial charge on any atom is -0.314 e. The second kappa shape index (κ2) is 7.94. The highest BCUT2D eigenvalue weighted by molar-refractivity contribution is 4.83. The monoisotopic (exact) mass is 295 g/mol. The second-order valence-electron chi connectivity index (χ2n) is 8.37. The van der Waals surface area contributed by atoms with Crippen LogP contribution in [0.4, 0.5) is 0 Å². The lowest BCUT2D eigenvalue weighted by Crippen LogP contribution is -2.45. The third kappa shape index (κ3) is 5.88. The zero-order chi connectivity index (χ0) is 15.3. The van der Waals surface area contributed by atoms with Gasteiger partial charge in [-0.25, -0.2) is 0 Å². The molecule has 2 rings (SSSR count). The highest BCUT2D eigenvalue weighted by Crippen LogP contribution is 2.37. The van der Waals surface area contributed by atoms with Crippen molar-refractivity contribution in [3.05, 3.63) is 0 Å². The Bertz CT molecular complexity index is 281. The van der Waals surface area contributed by atoms with Gasteiger partial charge in [-0.15, -0.1) is 0 Å². The highest BCUT2D eigenvalue weighted by atomic mass is 15.2. The van der Waals surface area contributed by atoms with Crippen LogP contribution in [0.5, 0.6) is 0 Å². The van der Waals surface area contributed by atoms with E-state index in [2.05, 4.69) is 42.9 Å². The summed E-state index contributed by atoms with van der Waals surface area (Å²) < 4.78 is 0. The van der Waals surface area contributed by atoms with E-state index in [9.17, 15) is 0 Å². The number of nitrogens with zero attached hydrogens (tertiary/aromatic N) is 2. The van der Waals surface area contributed by atoms with E-state index in [1.165, 1.54) is 71.4 Å². The minimum absolute atomic E-state index is 0.506. The summed E-state index contributed by atoms with van der Waals surface area (Å²) in [6.07, 6.45) is 6.91. The first kappa shape index (κ1) is 17.2. The molecule has 0 atom stereocenters. The molecule has 1 N–H and O–H groups in total. The van der Waals surface area contributed by atoms with Crippen LogP contribution in [0.1, 0.15) is 52.9 Å². The molecule has 124 valence electrons. The van der Waals surface area contributed by atoms with Gasteiger partial charge in [-0.05, 0) is 63.6 Å². The first-order valence-electron chi connectivity index (χ1n) is 9.09. The van der Waals surface area contributed by atoms with Gasteiger partial charge in [0.2, 0.25) is 0 Å². The maximum absolute atomic E-state index is 3.80. The molecule has 2 aliphatic rings. The molecule has 3 heteroatoms. The van der Waals surface area contributed by atoms with Crippen LogP contribution in [0, 0.1) is 11.3 Å². The fraction of sp³-hybridized carbons (Fsp3) is 1.00. The van der Waals surface area contributed by atoms with Crippen molar-refractivity contribution in [2.24, 2.45) is 11.3 Å². The number of rotatable bonds is 5. The largest absolute Gasteiger partial charge is 0.314 e. The van der Waals surface area contributed by atoms with Crippen LogP contribution in [0.2, 0.25) is 0 Å². The van der Waals surface area contributed by atoms with E-state index in [0.29, 0.717) is 5.41 Å². The Morgan fingerprint density at radius 3 is 2.14 bits per heavy atom. The summed E-state index contributed by atoms with van der Waals surface area (Å²) in [6, 6.07) is 0.788. The van der Waals surface area contributed by atoms with E-state index in [1.54, 1.807) is 0 Å². The van der Waals surface area contributed by atoms with Gasteiger partial charge in [-0.3, -0.25) is 0 Å². The zero-order valence-electron chi connectivity index (χ0n) is 14.8. The SMILES string of the molecule is CN1CCN(CCCNC2CCC(C(C)(C)C)CC2)CC1. The molecule has 0 aromatic rings. The van der Waals surface area contributed by atoms with Crippen LogP contribution in [0.15, 0.2) is 0 Å². The van der Waals surface area contributed by atoms with Crippen molar-refractivity contribution in [2.45, 2.75) is 58.9 Å². The summed E-state index contributed by atoms with van der Waals surface area (Å²) in [5.74, 6) is 0.931. The molecule has 2 fully saturated rings. The molecule has 0 spiro atoms. The molecule has 1 heterocycles. The van der Waals surface area contributed by atoms with Crippen LogP contribution >= 0.6 is 0 Å². The number of piperazine rings is 1. The fourth-order valence-corrected chi connectivity index (χ4v) is 3.84. The van der Waals surface area contributed by atoms with Crippen molar-refractivity contribution in [3.8, 4) is 0 Å². The van der Waals surface area contributed by atoms with Gasteiger partial charge in [0.15, 0.2) is 0 Å². The Hall–Kier alpha value is -0.120. The summed E-state index contributed by atoms with van der Waals surface area (Å²) in [5.41, 5.74) is 0.506. The average molecular weight is 296 g/mol. The highest BCUT2D eigenvalue weighted by Gasteiger charge is 2.29. The van der Waals surface area contributed by atoms with Crippen LogP contribution < -0.4 is 5.32 Å². The molecule has 0 amide bonds. The zero-order valence-corrected chi connectivity index (χ0v) is 14.8. The second-order valence-corrected chi connectivity index (χ2v) is 8.37. The van der Waals surface area contributed by atoms with Gasteiger partial charge in [0, 0.05) is 32.2 Å². The third-order valence-electron chi connectivity index (χ3n) is 5.63. The smallest absolute Gasteiger partial charge is 0.0110 e. The van der Waals surface area contributed by atoms with Crippen LogP contribution in [0.3, 0.4) is 0 Å². The summed E-state index contributed by atoms with van der Waals surface area (Å²) in [6.45, 7) is 14.7. The molecule has 1 aliphatic heterocycles. The topological polar surface area (TPSA) is 18.5 Å². The molecule has 1 saturated carbocycles. The predicted octanol–water partition coefficient (Wildman–Crippen LogP) is 2.82. The van der Waals surface area contributed by atoms with Gasteiger partial charge < -0.3 is 15.1 Å². The minimum atomic E-state index is 0.506. The van der Waals surface area contributed by atoms with Gasteiger partial charge in [-0.2, -0.15) is 0 Å². The van der Waals surface area contributed by atoms with Crippen LogP contribution in [-0.2, 0) is 0 Å². The number of hydrogen-bond donors (Lipinski definition) is 1. The molecule has 0 radical (unpaired) electrons. The van der Waals surface area contributed by atoms with Gasteiger partial charge >= 0.3 is 0 Å². The van der Waals surface area contributed by atoms with E-state index < -0.39 is 0 Å².